The molecule has 0 radical (unpaired) electrons. The van der Waals surface area contributed by atoms with Gasteiger partial charge in [-0.05, 0) is 38.2 Å². The molecule has 2 aliphatic heterocycles. The lowest BCUT2D eigenvalue weighted by Gasteiger charge is -2.30. The zero-order valence-electron chi connectivity index (χ0n) is 20.9. The smallest absolute Gasteiger partial charge is 0.275 e. The maximum Gasteiger partial charge on any atom is 0.275 e. The van der Waals surface area contributed by atoms with Crippen LogP contribution in [0.25, 0.3) is 0 Å². The minimum atomic E-state index is -0.547. The standard InChI is InChI=1S/C20H22Cl2FN7O.2C2H6/c1-29-6-4-11(9-29)19-27-20(31-28-19)15(24)8-16-18(25)26-5-7-30(16)10-12-13(21)2-3-14(23)17(12)22;2*1-2/h2-3,8,11,24H,4-7,9-10H2,1H3,(H2,25,26);2*1-2H3/b16-8+,24-15?;;. The van der Waals surface area contributed by atoms with Crippen LogP contribution < -0.4 is 5.73 Å². The van der Waals surface area contributed by atoms with Gasteiger partial charge in [-0.25, -0.2) is 4.39 Å². The summed E-state index contributed by atoms with van der Waals surface area (Å²) < 4.78 is 19.3. The van der Waals surface area contributed by atoms with Crippen molar-refractivity contribution in [3.05, 3.63) is 57.0 Å². The molecule has 0 spiro atoms. The van der Waals surface area contributed by atoms with Gasteiger partial charge in [-0.3, -0.25) is 10.4 Å². The van der Waals surface area contributed by atoms with Crippen molar-refractivity contribution in [1.29, 1.82) is 5.41 Å². The number of nitrogens with one attached hydrogen (secondary N) is 1. The average Bonchev–Trinajstić information content (AvgIpc) is 3.53. The highest BCUT2D eigenvalue weighted by Crippen LogP contribution is 2.30. The van der Waals surface area contributed by atoms with Crippen LogP contribution >= 0.6 is 23.2 Å². The molecule has 1 fully saturated rings. The van der Waals surface area contributed by atoms with E-state index in [0.717, 1.165) is 19.5 Å². The number of hydrogen-bond acceptors (Lipinski definition) is 8. The van der Waals surface area contributed by atoms with Crippen LogP contribution in [0.1, 0.15) is 57.3 Å². The van der Waals surface area contributed by atoms with Crippen LogP contribution in [0.3, 0.4) is 0 Å². The first-order valence-electron chi connectivity index (χ1n) is 11.8. The molecule has 0 bridgehead atoms. The van der Waals surface area contributed by atoms with Crippen molar-refractivity contribution in [2.24, 2.45) is 10.7 Å². The number of nitrogens with two attached hydrogens (primary N) is 1. The van der Waals surface area contributed by atoms with Crippen molar-refractivity contribution < 1.29 is 8.91 Å². The Morgan fingerprint density at radius 1 is 1.26 bits per heavy atom. The first kappa shape index (κ1) is 28.7. The number of aliphatic imine (C=N–C) groups is 1. The number of amidine groups is 1. The fraction of sp³-hybridized carbons (Fsp3) is 0.500. The fourth-order valence-electron chi connectivity index (χ4n) is 3.74. The first-order chi connectivity index (χ1) is 16.8. The predicted octanol–water partition coefficient (Wildman–Crippen LogP) is 5.11. The molecule has 4 rings (SSSR count). The Hall–Kier alpha value is -2.49. The molecule has 1 unspecified atom stereocenters. The van der Waals surface area contributed by atoms with Gasteiger partial charge in [0.2, 0.25) is 0 Å². The second kappa shape index (κ2) is 13.6. The van der Waals surface area contributed by atoms with E-state index in [2.05, 4.69) is 20.0 Å². The predicted molar refractivity (Wildman–Crippen MR) is 140 cm³/mol. The summed E-state index contributed by atoms with van der Waals surface area (Å²) in [7, 11) is 2.05. The number of likely N-dealkylation sites (N-methyl/N-ethyl adjacent to an activating group) is 1. The molecule has 1 saturated heterocycles. The topological polar surface area (TPSA) is 108 Å². The molecule has 3 N–H and O–H groups in total. The van der Waals surface area contributed by atoms with Crippen molar-refractivity contribution in [3.63, 3.8) is 0 Å². The molecule has 0 aliphatic carbocycles. The van der Waals surface area contributed by atoms with Crippen molar-refractivity contribution in [1.82, 2.24) is 19.9 Å². The molecule has 35 heavy (non-hydrogen) atoms. The van der Waals surface area contributed by atoms with E-state index in [1.807, 2.05) is 39.6 Å². The third-order valence-electron chi connectivity index (χ3n) is 5.45. The fourth-order valence-corrected chi connectivity index (χ4v) is 4.23. The number of nitrogens with zero attached hydrogens (tertiary/aromatic N) is 5. The summed E-state index contributed by atoms with van der Waals surface area (Å²) >= 11 is 12.4. The van der Waals surface area contributed by atoms with Crippen LogP contribution in [0.5, 0.6) is 0 Å². The number of aromatic nitrogens is 2. The molecule has 0 amide bonds. The van der Waals surface area contributed by atoms with E-state index in [1.165, 1.54) is 18.2 Å². The highest BCUT2D eigenvalue weighted by Gasteiger charge is 2.27. The number of rotatable bonds is 5. The van der Waals surface area contributed by atoms with Crippen molar-refractivity contribution in [2.45, 2.75) is 46.6 Å². The molecule has 1 aromatic heterocycles. The summed E-state index contributed by atoms with van der Waals surface area (Å²) in [6.45, 7) is 11.0. The Balaban J connectivity index is 0.00000103. The van der Waals surface area contributed by atoms with Crippen LogP contribution in [0.4, 0.5) is 4.39 Å². The highest BCUT2D eigenvalue weighted by molar-refractivity contribution is 6.36. The minimum Gasteiger partial charge on any atom is -0.382 e. The number of benzene rings is 1. The van der Waals surface area contributed by atoms with Gasteiger partial charge in [0.25, 0.3) is 5.89 Å². The second-order valence-corrected chi connectivity index (χ2v) is 8.44. The monoisotopic (exact) mass is 525 g/mol. The van der Waals surface area contributed by atoms with Gasteiger partial charge in [0, 0.05) is 36.1 Å². The zero-order valence-corrected chi connectivity index (χ0v) is 22.4. The summed E-state index contributed by atoms with van der Waals surface area (Å²) in [6.07, 6.45) is 2.48. The molecule has 1 atom stereocenters. The van der Waals surface area contributed by atoms with Crippen LogP contribution in [0.15, 0.2) is 33.4 Å². The number of likely N-dealkylation sites (tertiary alicyclic amines) is 1. The summed E-state index contributed by atoms with van der Waals surface area (Å²) in [6, 6.07) is 2.69. The Kier molecular flexibility index (Phi) is 11.1. The lowest BCUT2D eigenvalue weighted by atomic mass is 10.1. The third-order valence-corrected chi connectivity index (χ3v) is 6.22. The molecule has 192 valence electrons. The molecule has 3 heterocycles. The molecule has 2 aliphatic rings. The van der Waals surface area contributed by atoms with Crippen LogP contribution in [0.2, 0.25) is 10.0 Å². The van der Waals surface area contributed by atoms with Crippen molar-refractivity contribution >= 4 is 34.7 Å². The number of allylic oxidation sites excluding steroid dienone is 1. The van der Waals surface area contributed by atoms with Crippen LogP contribution in [-0.2, 0) is 6.54 Å². The van der Waals surface area contributed by atoms with Gasteiger partial charge in [0.05, 0.1) is 17.3 Å². The molecule has 1 aromatic carbocycles. The number of hydrogen-bond donors (Lipinski definition) is 2. The van der Waals surface area contributed by atoms with Crippen molar-refractivity contribution in [2.75, 3.05) is 33.2 Å². The molecule has 8 nitrogen and oxygen atoms in total. The summed E-state index contributed by atoms with van der Waals surface area (Å²) in [5, 5.41) is 12.8. The summed E-state index contributed by atoms with van der Waals surface area (Å²) in [4.78, 5) is 12.7. The van der Waals surface area contributed by atoms with E-state index in [0.29, 0.717) is 35.2 Å². The van der Waals surface area contributed by atoms with E-state index >= 15 is 0 Å². The molecule has 0 saturated carbocycles. The van der Waals surface area contributed by atoms with Gasteiger partial charge in [-0.15, -0.1) is 0 Å². The molecule has 11 heteroatoms. The Morgan fingerprint density at radius 2 is 1.97 bits per heavy atom. The summed E-state index contributed by atoms with van der Waals surface area (Å²) in [5.41, 5.74) is 7.06. The highest BCUT2D eigenvalue weighted by atomic mass is 35.5. The van der Waals surface area contributed by atoms with Gasteiger partial charge in [-0.2, -0.15) is 4.98 Å². The number of halogens is 3. The normalized spacial score (nSPS) is 19.0. The molecular formula is C24H34Cl2FN7O. The largest absolute Gasteiger partial charge is 0.382 e. The van der Waals surface area contributed by atoms with Gasteiger partial charge in [-0.1, -0.05) is 56.1 Å². The minimum absolute atomic E-state index is 0.0154. The van der Waals surface area contributed by atoms with E-state index < -0.39 is 5.82 Å². The zero-order chi connectivity index (χ0) is 26.1. The van der Waals surface area contributed by atoms with E-state index in [4.69, 9.17) is 38.9 Å². The van der Waals surface area contributed by atoms with E-state index in [9.17, 15) is 4.39 Å². The van der Waals surface area contributed by atoms with Crippen molar-refractivity contribution in [3.8, 4) is 0 Å². The average molecular weight is 526 g/mol. The molecular weight excluding hydrogens is 492 g/mol. The lowest BCUT2D eigenvalue weighted by molar-refractivity contribution is 0.352. The maximum atomic E-state index is 13.9. The first-order valence-corrected chi connectivity index (χ1v) is 12.6. The Bertz CT molecular complexity index is 1070. The van der Waals surface area contributed by atoms with E-state index in [-0.39, 0.29) is 34.9 Å². The van der Waals surface area contributed by atoms with Crippen LogP contribution in [0, 0.1) is 11.2 Å². The Labute approximate surface area is 216 Å². The quantitative estimate of drug-likeness (QED) is 0.414. The van der Waals surface area contributed by atoms with Gasteiger partial charge < -0.3 is 20.1 Å². The summed E-state index contributed by atoms with van der Waals surface area (Å²) in [5.74, 6) is 0.615. The molecule has 2 aromatic rings. The van der Waals surface area contributed by atoms with Gasteiger partial charge in [0.15, 0.2) is 5.82 Å². The van der Waals surface area contributed by atoms with E-state index in [1.54, 1.807) is 0 Å². The maximum absolute atomic E-state index is 13.9. The Morgan fingerprint density at radius 3 is 2.63 bits per heavy atom. The van der Waals surface area contributed by atoms with Crippen LogP contribution in [-0.4, -0.2) is 64.7 Å². The van der Waals surface area contributed by atoms with Gasteiger partial charge >= 0.3 is 0 Å². The SMILES string of the molecule is CC.CC.CN1CCC(c2noc(C(=N)/C=C3\C(N)=NCCN3Cc3c(Cl)ccc(F)c3Cl)n2)C1. The third kappa shape index (κ3) is 7.02. The lowest BCUT2D eigenvalue weighted by Crippen LogP contribution is -2.38. The van der Waals surface area contributed by atoms with Gasteiger partial charge in [0.1, 0.15) is 17.4 Å². The second-order valence-electron chi connectivity index (χ2n) is 7.66.